The molecule has 1 amide bonds. The van der Waals surface area contributed by atoms with E-state index in [1.54, 1.807) is 18.3 Å². The molecule has 2 aromatic heterocycles. The summed E-state index contributed by atoms with van der Waals surface area (Å²) in [4.78, 5) is 20.7. The third-order valence-electron chi connectivity index (χ3n) is 3.60. The Kier molecular flexibility index (Phi) is 6.24. The molecule has 2 heterocycles. The Hall–Kier alpha value is -1.79. The number of aliphatic hydroxyl groups excluding tert-OH is 1. The summed E-state index contributed by atoms with van der Waals surface area (Å²) in [5.74, 6) is 0.0241. The molecule has 0 saturated carbocycles. The first-order valence-corrected chi connectivity index (χ1v) is 8.66. The van der Waals surface area contributed by atoms with Crippen LogP contribution < -0.4 is 5.32 Å². The summed E-state index contributed by atoms with van der Waals surface area (Å²) in [7, 11) is 0. The number of nitrogens with zero attached hydrogens (tertiary/aromatic N) is 2. The van der Waals surface area contributed by atoms with Gasteiger partial charge in [0, 0.05) is 23.1 Å². The second-order valence-electron chi connectivity index (χ2n) is 5.64. The summed E-state index contributed by atoms with van der Waals surface area (Å²) >= 11 is 1.64. The van der Waals surface area contributed by atoms with Crippen molar-refractivity contribution in [2.75, 3.05) is 0 Å². The van der Waals surface area contributed by atoms with E-state index in [-0.39, 0.29) is 5.91 Å². The van der Waals surface area contributed by atoms with Crippen LogP contribution in [0.4, 0.5) is 0 Å². The number of hydrogen-bond donors (Lipinski definition) is 2. The highest BCUT2D eigenvalue weighted by Gasteiger charge is 2.08. The van der Waals surface area contributed by atoms with Crippen LogP contribution in [0, 0.1) is 13.8 Å². The maximum absolute atomic E-state index is 11.9. The smallest absolute Gasteiger partial charge is 0.220 e. The zero-order chi connectivity index (χ0) is 16.8. The minimum Gasteiger partial charge on any atom is -0.389 e. The van der Waals surface area contributed by atoms with Crippen LogP contribution in [-0.2, 0) is 17.8 Å². The third kappa shape index (κ3) is 5.41. The molecule has 0 radical (unpaired) electrons. The van der Waals surface area contributed by atoms with E-state index in [1.165, 1.54) is 0 Å². The molecule has 2 rings (SSSR count). The molecule has 0 spiro atoms. The summed E-state index contributed by atoms with van der Waals surface area (Å²) in [5, 5.41) is 15.6. The van der Waals surface area contributed by atoms with Gasteiger partial charge in [-0.15, -0.1) is 11.3 Å². The fraction of sp³-hybridized carbons (Fsp3) is 0.471. The molecule has 5 nitrogen and oxygen atoms in total. The number of aryl methyl sites for hydroxylation is 3. The Balaban J connectivity index is 1.74. The number of hydrogen-bond acceptors (Lipinski definition) is 5. The first kappa shape index (κ1) is 17.6. The third-order valence-corrected chi connectivity index (χ3v) is 4.43. The van der Waals surface area contributed by atoms with E-state index in [0.29, 0.717) is 13.0 Å². The van der Waals surface area contributed by atoms with Gasteiger partial charge in [0.05, 0.1) is 29.0 Å². The monoisotopic (exact) mass is 333 g/mol. The standard InChI is InChI=1S/C17H23N3O2S/c1-11-16(12(2)21)8-7-14(19-11)9-18-17(22)6-4-5-15-10-23-13(3)20-15/h7-8,10,12,21H,4-6,9H2,1-3H3,(H,18,22). The predicted octanol–water partition coefficient (Wildman–Crippen LogP) is 2.85. The quantitative estimate of drug-likeness (QED) is 0.817. The molecule has 2 aromatic rings. The lowest BCUT2D eigenvalue weighted by molar-refractivity contribution is -0.121. The predicted molar refractivity (Wildman–Crippen MR) is 91.2 cm³/mol. The fourth-order valence-corrected chi connectivity index (χ4v) is 3.04. The van der Waals surface area contributed by atoms with Crippen molar-refractivity contribution in [3.8, 4) is 0 Å². The molecule has 6 heteroatoms. The number of carbonyl (C=O) groups excluding carboxylic acids is 1. The van der Waals surface area contributed by atoms with Gasteiger partial charge in [-0.25, -0.2) is 4.98 Å². The average molecular weight is 333 g/mol. The molecule has 0 fully saturated rings. The minimum atomic E-state index is -0.527. The lowest BCUT2D eigenvalue weighted by Gasteiger charge is -2.10. The Morgan fingerprint density at radius 1 is 1.30 bits per heavy atom. The summed E-state index contributed by atoms with van der Waals surface area (Å²) in [5.41, 5.74) is 3.48. The number of amides is 1. The van der Waals surface area contributed by atoms with Crippen LogP contribution in [0.5, 0.6) is 0 Å². The van der Waals surface area contributed by atoms with Crippen LogP contribution in [0.3, 0.4) is 0 Å². The number of rotatable bonds is 7. The number of nitrogens with one attached hydrogen (secondary N) is 1. The second kappa shape index (κ2) is 8.17. The second-order valence-corrected chi connectivity index (χ2v) is 6.70. The normalized spacial score (nSPS) is 12.2. The molecule has 1 atom stereocenters. The van der Waals surface area contributed by atoms with Gasteiger partial charge in [-0.2, -0.15) is 0 Å². The van der Waals surface area contributed by atoms with Crippen molar-refractivity contribution in [3.05, 3.63) is 45.2 Å². The molecule has 0 bridgehead atoms. The van der Waals surface area contributed by atoms with Crippen LogP contribution in [0.1, 0.15) is 53.5 Å². The summed E-state index contributed by atoms with van der Waals surface area (Å²) in [6.07, 6.45) is 1.59. The maximum Gasteiger partial charge on any atom is 0.220 e. The van der Waals surface area contributed by atoms with Crippen LogP contribution in [0.25, 0.3) is 0 Å². The largest absolute Gasteiger partial charge is 0.389 e. The molecule has 0 aliphatic heterocycles. The van der Waals surface area contributed by atoms with Crippen molar-refractivity contribution in [2.24, 2.45) is 0 Å². The highest BCUT2D eigenvalue weighted by molar-refractivity contribution is 7.09. The first-order valence-electron chi connectivity index (χ1n) is 7.78. The molecular formula is C17H23N3O2S. The van der Waals surface area contributed by atoms with Gasteiger partial charge in [-0.1, -0.05) is 6.07 Å². The fourth-order valence-electron chi connectivity index (χ4n) is 2.39. The first-order chi connectivity index (χ1) is 11.0. The number of aliphatic hydroxyl groups is 1. The molecule has 0 saturated heterocycles. The Morgan fingerprint density at radius 2 is 2.09 bits per heavy atom. The van der Waals surface area contributed by atoms with E-state index in [2.05, 4.69) is 15.3 Å². The number of aromatic nitrogens is 2. The van der Waals surface area contributed by atoms with Gasteiger partial charge in [-0.05, 0) is 39.7 Å². The van der Waals surface area contributed by atoms with E-state index in [1.807, 2.05) is 31.4 Å². The Morgan fingerprint density at radius 3 is 2.70 bits per heavy atom. The van der Waals surface area contributed by atoms with Gasteiger partial charge in [0.2, 0.25) is 5.91 Å². The highest BCUT2D eigenvalue weighted by Crippen LogP contribution is 2.15. The van der Waals surface area contributed by atoms with Crippen LogP contribution in [0.15, 0.2) is 17.5 Å². The highest BCUT2D eigenvalue weighted by atomic mass is 32.1. The molecule has 2 N–H and O–H groups in total. The zero-order valence-corrected chi connectivity index (χ0v) is 14.6. The van der Waals surface area contributed by atoms with Gasteiger partial charge >= 0.3 is 0 Å². The number of thiazole rings is 1. The number of carbonyl (C=O) groups is 1. The van der Waals surface area contributed by atoms with Crippen molar-refractivity contribution in [1.82, 2.24) is 15.3 Å². The van der Waals surface area contributed by atoms with Crippen LogP contribution in [-0.4, -0.2) is 21.0 Å². The molecule has 0 aliphatic carbocycles. The van der Waals surface area contributed by atoms with Gasteiger partial charge in [0.25, 0.3) is 0 Å². The summed E-state index contributed by atoms with van der Waals surface area (Å²) in [6.45, 7) is 5.98. The van der Waals surface area contributed by atoms with Gasteiger partial charge in [0.15, 0.2) is 0 Å². The molecule has 124 valence electrons. The van der Waals surface area contributed by atoms with E-state index < -0.39 is 6.10 Å². The van der Waals surface area contributed by atoms with Crippen LogP contribution in [0.2, 0.25) is 0 Å². The lowest BCUT2D eigenvalue weighted by atomic mass is 10.1. The molecular weight excluding hydrogens is 310 g/mol. The molecule has 23 heavy (non-hydrogen) atoms. The van der Waals surface area contributed by atoms with Gasteiger partial charge in [-0.3, -0.25) is 9.78 Å². The van der Waals surface area contributed by atoms with Crippen molar-refractivity contribution < 1.29 is 9.90 Å². The molecule has 0 aromatic carbocycles. The maximum atomic E-state index is 11.9. The molecule has 1 unspecified atom stereocenters. The van der Waals surface area contributed by atoms with Crippen molar-refractivity contribution in [2.45, 2.75) is 52.7 Å². The molecule has 0 aliphatic rings. The summed E-state index contributed by atoms with van der Waals surface area (Å²) in [6, 6.07) is 3.70. The van der Waals surface area contributed by atoms with E-state index in [9.17, 15) is 9.90 Å². The van der Waals surface area contributed by atoms with E-state index in [0.717, 1.165) is 40.5 Å². The van der Waals surface area contributed by atoms with Gasteiger partial charge < -0.3 is 10.4 Å². The Bertz CT molecular complexity index is 668. The van der Waals surface area contributed by atoms with Crippen molar-refractivity contribution in [1.29, 1.82) is 0 Å². The van der Waals surface area contributed by atoms with E-state index >= 15 is 0 Å². The van der Waals surface area contributed by atoms with Crippen molar-refractivity contribution >= 4 is 17.2 Å². The van der Waals surface area contributed by atoms with Crippen LogP contribution >= 0.6 is 11.3 Å². The lowest BCUT2D eigenvalue weighted by Crippen LogP contribution is -2.23. The average Bonchev–Trinajstić information content (AvgIpc) is 2.90. The number of pyridine rings is 1. The van der Waals surface area contributed by atoms with Crippen molar-refractivity contribution in [3.63, 3.8) is 0 Å². The Labute approximate surface area is 140 Å². The van der Waals surface area contributed by atoms with Gasteiger partial charge in [0.1, 0.15) is 0 Å². The SMILES string of the molecule is Cc1nc(CCCC(=O)NCc2ccc(C(C)O)c(C)n2)cs1. The zero-order valence-electron chi connectivity index (χ0n) is 13.8. The summed E-state index contributed by atoms with van der Waals surface area (Å²) < 4.78 is 0. The minimum absolute atomic E-state index is 0.0241. The van der Waals surface area contributed by atoms with E-state index in [4.69, 9.17) is 0 Å². The topological polar surface area (TPSA) is 75.1 Å².